The van der Waals surface area contributed by atoms with Crippen LogP contribution in [0.5, 0.6) is 0 Å². The van der Waals surface area contributed by atoms with Gasteiger partial charge in [0.2, 0.25) is 0 Å². The lowest BCUT2D eigenvalue weighted by molar-refractivity contribution is -0.143. The molecule has 0 aliphatic carbocycles. The van der Waals surface area contributed by atoms with E-state index < -0.39 is 11.9 Å². The molecule has 1 fully saturated rings. The summed E-state index contributed by atoms with van der Waals surface area (Å²) in [6, 6.07) is -0.837. The van der Waals surface area contributed by atoms with Crippen LogP contribution in [0.25, 0.3) is 0 Å². The highest BCUT2D eigenvalue weighted by molar-refractivity contribution is 5.66. The first-order valence-corrected chi connectivity index (χ1v) is 11.8. The van der Waals surface area contributed by atoms with E-state index in [2.05, 4.69) is 26.6 Å². The zero-order valence-electron chi connectivity index (χ0n) is 21.1. The van der Waals surface area contributed by atoms with Crippen molar-refractivity contribution in [3.05, 3.63) is 0 Å². The molecule has 4 atom stereocenters. The maximum absolute atomic E-state index is 11.4. The van der Waals surface area contributed by atoms with Crippen LogP contribution in [-0.2, 0) is 38.1 Å². The Balaban J connectivity index is 2.93. The summed E-state index contributed by atoms with van der Waals surface area (Å²) in [5, 5.41) is 16.7. The second-order valence-corrected chi connectivity index (χ2v) is 8.38. The summed E-state index contributed by atoms with van der Waals surface area (Å²) in [6.45, 7) is 9.11. The van der Waals surface area contributed by atoms with Gasteiger partial charge in [0.05, 0.1) is 24.2 Å². The Morgan fingerprint density at radius 1 is 0.514 bits per heavy atom. The summed E-state index contributed by atoms with van der Waals surface area (Å²) in [7, 11) is 0. The summed E-state index contributed by atoms with van der Waals surface area (Å²) in [5.41, 5.74) is 0. The molecule has 1 aliphatic heterocycles. The lowest BCUT2D eigenvalue weighted by Crippen LogP contribution is -2.53. The molecule has 13 nitrogen and oxygen atoms in total. The van der Waals surface area contributed by atoms with Gasteiger partial charge in [0.1, 0.15) is 26.4 Å². The second kappa shape index (κ2) is 18.0. The zero-order chi connectivity index (χ0) is 26.1. The van der Waals surface area contributed by atoms with E-state index in [1.54, 1.807) is 0 Å². The fourth-order valence-corrected chi connectivity index (χ4v) is 3.20. The molecule has 0 unspecified atom stereocenters. The molecule has 0 aromatic carbocycles. The van der Waals surface area contributed by atoms with E-state index in [1.165, 1.54) is 27.7 Å². The van der Waals surface area contributed by atoms with Crippen LogP contribution in [-0.4, -0.2) is 114 Å². The number of nitrogens with one attached hydrogen (secondary N) is 5. The highest BCUT2D eigenvalue weighted by Crippen LogP contribution is 1.96. The molecule has 202 valence electrons. The molecule has 0 aromatic rings. The van der Waals surface area contributed by atoms with Gasteiger partial charge in [0.15, 0.2) is 0 Å². The van der Waals surface area contributed by atoms with Gasteiger partial charge in [0, 0.05) is 67.0 Å². The molecular weight excluding hydrogens is 462 g/mol. The Morgan fingerprint density at radius 3 is 1.17 bits per heavy atom. The van der Waals surface area contributed by atoms with Crippen molar-refractivity contribution in [2.45, 2.75) is 51.9 Å². The van der Waals surface area contributed by atoms with E-state index in [-0.39, 0.29) is 62.5 Å². The molecule has 1 rings (SSSR count). The average molecular weight is 504 g/mol. The van der Waals surface area contributed by atoms with Gasteiger partial charge in [0.25, 0.3) is 0 Å². The Bertz CT molecular complexity index is 612. The number of esters is 4. The van der Waals surface area contributed by atoms with E-state index in [4.69, 9.17) is 18.9 Å². The molecule has 1 saturated heterocycles. The van der Waals surface area contributed by atoms with E-state index in [9.17, 15) is 19.2 Å². The molecule has 0 saturated carbocycles. The van der Waals surface area contributed by atoms with Gasteiger partial charge in [-0.25, -0.2) is 0 Å². The van der Waals surface area contributed by atoms with E-state index in [0.29, 0.717) is 39.3 Å². The third-order valence-corrected chi connectivity index (χ3v) is 5.04. The van der Waals surface area contributed by atoms with Crippen molar-refractivity contribution in [2.24, 2.45) is 0 Å². The molecule has 5 N–H and O–H groups in total. The van der Waals surface area contributed by atoms with E-state index >= 15 is 0 Å². The molecular formula is C22H41N5O8. The second-order valence-electron chi connectivity index (χ2n) is 8.38. The number of hydrogen-bond donors (Lipinski definition) is 5. The van der Waals surface area contributed by atoms with Crippen molar-refractivity contribution in [3.63, 3.8) is 0 Å². The maximum Gasteiger partial charge on any atom is 0.302 e. The highest BCUT2D eigenvalue weighted by Gasteiger charge is 2.20. The van der Waals surface area contributed by atoms with Crippen LogP contribution in [0.3, 0.4) is 0 Å². The topological polar surface area (TPSA) is 165 Å². The predicted molar refractivity (Wildman–Crippen MR) is 127 cm³/mol. The molecule has 0 amide bonds. The van der Waals surface area contributed by atoms with Crippen molar-refractivity contribution < 1.29 is 38.1 Å². The number of carbonyl (C=O) groups excluding carboxylic acids is 4. The quantitative estimate of drug-likeness (QED) is 0.177. The van der Waals surface area contributed by atoms with Crippen molar-refractivity contribution in [1.29, 1.82) is 0 Å². The minimum Gasteiger partial charge on any atom is -0.464 e. The van der Waals surface area contributed by atoms with Crippen molar-refractivity contribution in [3.8, 4) is 0 Å². The van der Waals surface area contributed by atoms with Crippen molar-refractivity contribution in [2.75, 3.05) is 65.7 Å². The summed E-state index contributed by atoms with van der Waals surface area (Å²) in [6.07, 6.45) is 0. The molecule has 0 spiro atoms. The van der Waals surface area contributed by atoms with Crippen molar-refractivity contribution in [1.82, 2.24) is 26.6 Å². The number of hydrogen-bond acceptors (Lipinski definition) is 13. The molecule has 0 bridgehead atoms. The van der Waals surface area contributed by atoms with Crippen LogP contribution in [0, 0.1) is 0 Å². The zero-order valence-corrected chi connectivity index (χ0v) is 21.1. The van der Waals surface area contributed by atoms with Crippen LogP contribution in [0.4, 0.5) is 0 Å². The average Bonchev–Trinajstić information content (AvgIpc) is 2.79. The Kier molecular flexibility index (Phi) is 15.8. The molecule has 0 radical (unpaired) electrons. The first-order valence-electron chi connectivity index (χ1n) is 11.8. The lowest BCUT2D eigenvalue weighted by atomic mass is 10.2. The van der Waals surface area contributed by atoms with Crippen LogP contribution >= 0.6 is 0 Å². The van der Waals surface area contributed by atoms with E-state index in [1.807, 2.05) is 0 Å². The molecule has 13 heteroatoms. The molecule has 35 heavy (non-hydrogen) atoms. The molecule has 0 aromatic heterocycles. The first-order chi connectivity index (χ1) is 16.7. The van der Waals surface area contributed by atoms with Gasteiger partial charge in [-0.3, -0.25) is 19.2 Å². The van der Waals surface area contributed by atoms with Crippen LogP contribution in [0.1, 0.15) is 27.7 Å². The van der Waals surface area contributed by atoms with Gasteiger partial charge < -0.3 is 45.5 Å². The standard InChI is InChI=1S/C22H41N5O8/c1-15(28)32-11-19-7-23-5-6-24-20(12-33-16(2)29)8-26-22(14-35-18(4)31)10-27-21(9-25-19)13-34-17(3)30/h19-27H,5-14H2,1-4H3/t19-,20+,21+,22-/m0/s1. The maximum atomic E-state index is 11.4. The van der Waals surface area contributed by atoms with Gasteiger partial charge in [-0.15, -0.1) is 0 Å². The van der Waals surface area contributed by atoms with Gasteiger partial charge in [-0.1, -0.05) is 0 Å². The van der Waals surface area contributed by atoms with Crippen LogP contribution in [0.15, 0.2) is 0 Å². The molecule has 1 heterocycles. The van der Waals surface area contributed by atoms with Gasteiger partial charge in [-0.05, 0) is 0 Å². The third kappa shape index (κ3) is 16.9. The number of ether oxygens (including phenoxy) is 4. The predicted octanol–water partition coefficient (Wildman–Crippen LogP) is -2.33. The minimum absolute atomic E-state index is 0.132. The first kappa shape index (κ1) is 30.7. The largest absolute Gasteiger partial charge is 0.464 e. The van der Waals surface area contributed by atoms with Crippen molar-refractivity contribution >= 4 is 23.9 Å². The Labute approximate surface area is 206 Å². The van der Waals surface area contributed by atoms with Gasteiger partial charge >= 0.3 is 23.9 Å². The Hall–Kier alpha value is -2.32. The summed E-state index contributed by atoms with van der Waals surface area (Å²) in [4.78, 5) is 45.3. The number of rotatable bonds is 8. The number of carbonyl (C=O) groups is 4. The summed E-state index contributed by atoms with van der Waals surface area (Å²) >= 11 is 0. The summed E-state index contributed by atoms with van der Waals surface area (Å²) < 4.78 is 20.8. The molecule has 1 aliphatic rings. The smallest absolute Gasteiger partial charge is 0.302 e. The normalized spacial score (nSPS) is 24.8. The van der Waals surface area contributed by atoms with Crippen LogP contribution < -0.4 is 26.6 Å². The highest BCUT2D eigenvalue weighted by atomic mass is 16.5. The van der Waals surface area contributed by atoms with Gasteiger partial charge in [-0.2, -0.15) is 0 Å². The third-order valence-electron chi connectivity index (χ3n) is 5.04. The van der Waals surface area contributed by atoms with E-state index in [0.717, 1.165) is 0 Å². The fourth-order valence-electron chi connectivity index (χ4n) is 3.20. The lowest BCUT2D eigenvalue weighted by Gasteiger charge is -2.26. The van der Waals surface area contributed by atoms with Crippen LogP contribution in [0.2, 0.25) is 0 Å². The minimum atomic E-state index is -0.394. The monoisotopic (exact) mass is 503 g/mol. The fraction of sp³-hybridized carbons (Fsp3) is 0.818. The Morgan fingerprint density at radius 2 is 0.829 bits per heavy atom. The SMILES string of the molecule is CC(=O)OC[C@H]1CN[C@H](COC(C)=O)CN[C@@H](COC(C)=O)CN[C@H](COC(C)=O)CNCCN1. The summed E-state index contributed by atoms with van der Waals surface area (Å²) in [5.74, 6) is -1.53.